The molecule has 1 fully saturated rings. The number of primary amides is 1. The van der Waals surface area contributed by atoms with Gasteiger partial charge in [0.15, 0.2) is 0 Å². The fourth-order valence-electron chi connectivity index (χ4n) is 2.64. The molecule has 3 N–H and O–H groups in total. The van der Waals surface area contributed by atoms with E-state index in [1.54, 1.807) is 7.05 Å². The number of nitrogens with two attached hydrogens (primary N) is 1. The minimum Gasteiger partial charge on any atom is -0.368 e. The molecule has 1 saturated heterocycles. The van der Waals surface area contributed by atoms with Crippen molar-refractivity contribution in [3.8, 4) is 0 Å². The van der Waals surface area contributed by atoms with E-state index in [1.807, 2.05) is 0 Å². The molecule has 1 heterocycles. The van der Waals surface area contributed by atoms with Crippen molar-refractivity contribution in [3.63, 3.8) is 0 Å². The lowest BCUT2D eigenvalue weighted by molar-refractivity contribution is -0.120. The van der Waals surface area contributed by atoms with Gasteiger partial charge in [-0.15, -0.1) is 0 Å². The summed E-state index contributed by atoms with van der Waals surface area (Å²) < 4.78 is 0. The zero-order chi connectivity index (χ0) is 13.0. The van der Waals surface area contributed by atoms with Gasteiger partial charge in [-0.05, 0) is 33.5 Å². The van der Waals surface area contributed by atoms with Crippen LogP contribution < -0.4 is 11.1 Å². The second kappa shape index (κ2) is 6.33. The first-order chi connectivity index (χ1) is 7.95. The molecule has 100 valence electrons. The summed E-state index contributed by atoms with van der Waals surface area (Å²) >= 11 is 0. The van der Waals surface area contributed by atoms with Crippen LogP contribution in [0.4, 0.5) is 0 Å². The van der Waals surface area contributed by atoms with Crippen molar-refractivity contribution in [2.45, 2.75) is 25.4 Å². The molecule has 0 aromatic rings. The van der Waals surface area contributed by atoms with Crippen LogP contribution in [-0.4, -0.2) is 68.6 Å². The molecule has 0 spiro atoms. The Hall–Kier alpha value is -0.650. The fraction of sp³-hybridized carbons (Fsp3) is 0.917. The predicted octanol–water partition coefficient (Wildman–Crippen LogP) is -0.668. The smallest absolute Gasteiger partial charge is 0.234 e. The van der Waals surface area contributed by atoms with Crippen LogP contribution in [0, 0.1) is 5.92 Å². The summed E-state index contributed by atoms with van der Waals surface area (Å²) in [5.41, 5.74) is 5.31. The van der Waals surface area contributed by atoms with E-state index in [0.717, 1.165) is 26.1 Å². The van der Waals surface area contributed by atoms with E-state index < -0.39 is 0 Å². The molecule has 0 bridgehead atoms. The fourth-order valence-corrected chi connectivity index (χ4v) is 2.64. The van der Waals surface area contributed by atoms with E-state index in [-0.39, 0.29) is 11.9 Å². The summed E-state index contributed by atoms with van der Waals surface area (Å²) in [4.78, 5) is 15.8. The normalized spacial score (nSPS) is 27.6. The van der Waals surface area contributed by atoms with Crippen molar-refractivity contribution in [3.05, 3.63) is 0 Å². The van der Waals surface area contributed by atoms with Crippen molar-refractivity contribution >= 4 is 5.91 Å². The van der Waals surface area contributed by atoms with Gasteiger partial charge < -0.3 is 20.9 Å². The Morgan fingerprint density at radius 2 is 2.18 bits per heavy atom. The van der Waals surface area contributed by atoms with E-state index in [2.05, 4.69) is 36.1 Å². The third-order valence-corrected chi connectivity index (χ3v) is 3.74. The monoisotopic (exact) mass is 242 g/mol. The molecule has 1 aliphatic heterocycles. The Balaban J connectivity index is 2.37. The van der Waals surface area contributed by atoms with Crippen LogP contribution in [0.5, 0.6) is 0 Å². The molecule has 1 aliphatic rings. The topological polar surface area (TPSA) is 61.6 Å². The maximum Gasteiger partial charge on any atom is 0.234 e. The number of carbonyl (C=O) groups is 1. The first-order valence-electron chi connectivity index (χ1n) is 6.31. The van der Waals surface area contributed by atoms with E-state index in [0.29, 0.717) is 12.0 Å². The summed E-state index contributed by atoms with van der Waals surface area (Å²) in [6.45, 7) is 5.42. The Morgan fingerprint density at radius 3 is 2.59 bits per heavy atom. The summed E-state index contributed by atoms with van der Waals surface area (Å²) in [6.07, 6.45) is 0.790. The largest absolute Gasteiger partial charge is 0.368 e. The highest BCUT2D eigenvalue weighted by Crippen LogP contribution is 2.20. The van der Waals surface area contributed by atoms with Crippen molar-refractivity contribution in [1.82, 2.24) is 15.1 Å². The number of nitrogens with zero attached hydrogens (tertiary/aromatic N) is 2. The van der Waals surface area contributed by atoms with E-state index in [9.17, 15) is 4.79 Å². The highest BCUT2D eigenvalue weighted by atomic mass is 16.1. The first-order valence-corrected chi connectivity index (χ1v) is 6.31. The van der Waals surface area contributed by atoms with Crippen LogP contribution >= 0.6 is 0 Å². The summed E-state index contributed by atoms with van der Waals surface area (Å²) in [5, 5.41) is 2.96. The van der Waals surface area contributed by atoms with Crippen LogP contribution in [0.3, 0.4) is 0 Å². The minimum absolute atomic E-state index is 0.205. The Morgan fingerprint density at radius 1 is 1.53 bits per heavy atom. The van der Waals surface area contributed by atoms with Gasteiger partial charge in [-0.25, -0.2) is 0 Å². The Bertz CT molecular complexity index is 257. The molecule has 0 aromatic heterocycles. The lowest BCUT2D eigenvalue weighted by atomic mass is 10.1. The predicted molar refractivity (Wildman–Crippen MR) is 69.7 cm³/mol. The van der Waals surface area contributed by atoms with Gasteiger partial charge >= 0.3 is 0 Å². The molecule has 3 atom stereocenters. The summed E-state index contributed by atoms with van der Waals surface area (Å²) in [5.74, 6) is 0.426. The molecule has 0 radical (unpaired) electrons. The van der Waals surface area contributed by atoms with Crippen molar-refractivity contribution < 1.29 is 4.79 Å². The zero-order valence-electron chi connectivity index (χ0n) is 11.4. The molecular weight excluding hydrogens is 216 g/mol. The van der Waals surface area contributed by atoms with Crippen LogP contribution in [0.2, 0.25) is 0 Å². The van der Waals surface area contributed by atoms with Gasteiger partial charge in [0.1, 0.15) is 0 Å². The van der Waals surface area contributed by atoms with Gasteiger partial charge in [0, 0.05) is 25.7 Å². The van der Waals surface area contributed by atoms with Crippen LogP contribution in [-0.2, 0) is 4.79 Å². The van der Waals surface area contributed by atoms with Crippen LogP contribution in [0.1, 0.15) is 13.3 Å². The molecule has 0 aromatic carbocycles. The van der Waals surface area contributed by atoms with Crippen molar-refractivity contribution in [1.29, 1.82) is 0 Å². The molecule has 0 saturated carbocycles. The molecule has 17 heavy (non-hydrogen) atoms. The third-order valence-electron chi connectivity index (χ3n) is 3.74. The number of hydrogen-bond donors (Lipinski definition) is 2. The number of amides is 1. The second-order valence-corrected chi connectivity index (χ2v) is 5.30. The van der Waals surface area contributed by atoms with E-state index in [1.165, 1.54) is 0 Å². The molecule has 0 aliphatic carbocycles. The van der Waals surface area contributed by atoms with Crippen molar-refractivity contribution in [2.24, 2.45) is 11.7 Å². The summed E-state index contributed by atoms with van der Waals surface area (Å²) in [7, 11) is 6.04. The number of carbonyl (C=O) groups excluding carboxylic acids is 1. The van der Waals surface area contributed by atoms with Gasteiger partial charge in [0.2, 0.25) is 5.91 Å². The molecular formula is C12H26N4O. The number of nitrogens with one attached hydrogen (secondary N) is 1. The maximum absolute atomic E-state index is 11.1. The third kappa shape index (κ3) is 3.94. The first kappa shape index (κ1) is 14.4. The average molecular weight is 242 g/mol. The van der Waals surface area contributed by atoms with Gasteiger partial charge in [0.05, 0.1) is 6.04 Å². The Labute approximate surface area is 104 Å². The average Bonchev–Trinajstić information content (AvgIpc) is 2.60. The SMILES string of the molecule is CNC(CCN1CC(C)C(N(C)C)C1)C(N)=O. The highest BCUT2D eigenvalue weighted by molar-refractivity contribution is 5.79. The lowest BCUT2D eigenvalue weighted by Gasteiger charge is -2.23. The molecule has 5 nitrogen and oxygen atoms in total. The maximum atomic E-state index is 11.1. The Kier molecular flexibility index (Phi) is 5.36. The second-order valence-electron chi connectivity index (χ2n) is 5.30. The van der Waals surface area contributed by atoms with Gasteiger partial charge in [-0.1, -0.05) is 6.92 Å². The standard InChI is InChI=1S/C12H26N4O/c1-9-7-16(8-11(9)15(3)4)6-5-10(14-2)12(13)17/h9-11,14H,5-8H2,1-4H3,(H2,13,17). The number of rotatable bonds is 6. The van der Waals surface area contributed by atoms with Crippen LogP contribution in [0.25, 0.3) is 0 Å². The summed E-state index contributed by atoms with van der Waals surface area (Å²) in [6, 6.07) is 0.417. The van der Waals surface area contributed by atoms with Gasteiger partial charge in [-0.2, -0.15) is 0 Å². The highest BCUT2D eigenvalue weighted by Gasteiger charge is 2.31. The van der Waals surface area contributed by atoms with E-state index >= 15 is 0 Å². The molecule has 5 heteroatoms. The van der Waals surface area contributed by atoms with Gasteiger partial charge in [-0.3, -0.25) is 4.79 Å². The minimum atomic E-state index is -0.260. The lowest BCUT2D eigenvalue weighted by Crippen LogP contribution is -2.42. The quantitative estimate of drug-likeness (QED) is 0.648. The van der Waals surface area contributed by atoms with Crippen LogP contribution in [0.15, 0.2) is 0 Å². The van der Waals surface area contributed by atoms with Gasteiger partial charge in [0.25, 0.3) is 0 Å². The number of likely N-dealkylation sites (N-methyl/N-ethyl adjacent to an activating group) is 2. The van der Waals surface area contributed by atoms with E-state index in [4.69, 9.17) is 5.73 Å². The molecule has 3 unspecified atom stereocenters. The number of hydrogen-bond acceptors (Lipinski definition) is 4. The number of likely N-dealkylation sites (tertiary alicyclic amines) is 1. The van der Waals surface area contributed by atoms with Crippen molar-refractivity contribution in [2.75, 3.05) is 40.8 Å². The zero-order valence-corrected chi connectivity index (χ0v) is 11.4. The molecule has 1 amide bonds. The molecule has 1 rings (SSSR count).